The molecule has 1 aromatic rings. The van der Waals surface area contributed by atoms with Crippen molar-refractivity contribution in [1.29, 1.82) is 5.41 Å². The second-order valence-corrected chi connectivity index (χ2v) is 5.98. The number of methoxy groups -OCH3 is 1. The molecule has 1 heterocycles. The van der Waals surface area contributed by atoms with Gasteiger partial charge in [0.2, 0.25) is 0 Å². The first-order valence-electron chi connectivity index (χ1n) is 7.41. The predicted octanol–water partition coefficient (Wildman–Crippen LogP) is 1.51. The molecule has 5 heteroatoms. The van der Waals surface area contributed by atoms with Gasteiger partial charge in [-0.25, -0.2) is 0 Å². The molecule has 1 atom stereocenters. The Hall–Kier alpha value is -1.59. The summed E-state index contributed by atoms with van der Waals surface area (Å²) in [7, 11) is 5.85. The Balaban J connectivity index is 2.12. The lowest BCUT2D eigenvalue weighted by atomic mass is 10.1. The number of nitrogens with one attached hydrogen (secondary N) is 1. The number of hydrogen-bond donors (Lipinski definition) is 2. The Labute approximate surface area is 127 Å². The van der Waals surface area contributed by atoms with Gasteiger partial charge in [-0.2, -0.15) is 0 Å². The Bertz CT molecular complexity index is 501. The van der Waals surface area contributed by atoms with E-state index < -0.39 is 0 Å². The second-order valence-electron chi connectivity index (χ2n) is 5.98. The van der Waals surface area contributed by atoms with Crippen molar-refractivity contribution in [3.8, 4) is 5.75 Å². The summed E-state index contributed by atoms with van der Waals surface area (Å²) < 4.78 is 5.26. The number of nitrogens with zero attached hydrogens (tertiary/aromatic N) is 2. The zero-order valence-electron chi connectivity index (χ0n) is 13.2. The molecule has 0 saturated carbocycles. The van der Waals surface area contributed by atoms with E-state index in [0.29, 0.717) is 17.4 Å². The second kappa shape index (κ2) is 6.91. The number of hydrogen-bond acceptors (Lipinski definition) is 4. The van der Waals surface area contributed by atoms with Crippen molar-refractivity contribution in [3.63, 3.8) is 0 Å². The summed E-state index contributed by atoms with van der Waals surface area (Å²) in [6.07, 6.45) is 2.52. The zero-order valence-corrected chi connectivity index (χ0v) is 13.2. The molecule has 0 aliphatic carbocycles. The van der Waals surface area contributed by atoms with Crippen molar-refractivity contribution in [3.05, 3.63) is 29.3 Å². The molecule has 1 aliphatic heterocycles. The summed E-state index contributed by atoms with van der Waals surface area (Å²) >= 11 is 0. The van der Waals surface area contributed by atoms with Crippen LogP contribution in [0.5, 0.6) is 5.75 Å². The predicted molar refractivity (Wildman–Crippen MR) is 86.0 cm³/mol. The largest absolute Gasteiger partial charge is 0.496 e. The van der Waals surface area contributed by atoms with E-state index in [1.165, 1.54) is 18.4 Å². The van der Waals surface area contributed by atoms with E-state index in [1.54, 1.807) is 7.11 Å². The topological polar surface area (TPSA) is 65.6 Å². The van der Waals surface area contributed by atoms with Gasteiger partial charge in [-0.05, 0) is 51.2 Å². The summed E-state index contributed by atoms with van der Waals surface area (Å²) in [5, 5.41) is 7.67. The molecule has 2 rings (SSSR count). The maximum Gasteiger partial charge on any atom is 0.129 e. The Morgan fingerprint density at radius 2 is 2.24 bits per heavy atom. The van der Waals surface area contributed by atoms with Crippen LogP contribution in [0, 0.1) is 5.41 Å². The minimum absolute atomic E-state index is 0.0555. The molecule has 1 aromatic carbocycles. The molecule has 1 fully saturated rings. The van der Waals surface area contributed by atoms with Gasteiger partial charge in [0, 0.05) is 19.1 Å². The number of ether oxygens (including phenoxy) is 1. The Kier molecular flexibility index (Phi) is 5.20. The summed E-state index contributed by atoms with van der Waals surface area (Å²) in [5.41, 5.74) is 7.51. The molecule has 1 unspecified atom stereocenters. The van der Waals surface area contributed by atoms with Crippen LogP contribution in [0.3, 0.4) is 0 Å². The maximum absolute atomic E-state index is 7.67. The number of nitrogens with two attached hydrogens (primary N) is 1. The highest BCUT2D eigenvalue weighted by molar-refractivity contribution is 5.97. The lowest BCUT2D eigenvalue weighted by Gasteiger charge is -2.27. The first kappa shape index (κ1) is 15.8. The van der Waals surface area contributed by atoms with Gasteiger partial charge in [-0.15, -0.1) is 0 Å². The quantitative estimate of drug-likeness (QED) is 0.615. The van der Waals surface area contributed by atoms with Gasteiger partial charge in [0.25, 0.3) is 0 Å². The molecule has 0 bridgehead atoms. The third-order valence-corrected chi connectivity index (χ3v) is 4.01. The fourth-order valence-corrected chi connectivity index (χ4v) is 3.03. The van der Waals surface area contributed by atoms with Gasteiger partial charge in [-0.1, -0.05) is 6.07 Å². The van der Waals surface area contributed by atoms with E-state index in [-0.39, 0.29) is 5.84 Å². The Morgan fingerprint density at radius 3 is 2.86 bits per heavy atom. The molecule has 1 aliphatic rings. The van der Waals surface area contributed by atoms with Crippen LogP contribution in [0.15, 0.2) is 18.2 Å². The zero-order chi connectivity index (χ0) is 15.4. The lowest BCUT2D eigenvalue weighted by molar-refractivity contribution is 0.201. The van der Waals surface area contributed by atoms with Crippen LogP contribution in [0.1, 0.15) is 24.0 Å². The SMILES string of the molecule is COc1ccc(CN2CCCC2CN(C)C)cc1C(=N)N. The minimum Gasteiger partial charge on any atom is -0.496 e. The normalized spacial score (nSPS) is 19.1. The number of amidine groups is 1. The van der Waals surface area contributed by atoms with Gasteiger partial charge in [0.05, 0.1) is 12.7 Å². The lowest BCUT2D eigenvalue weighted by Crippen LogP contribution is -2.37. The first-order chi connectivity index (χ1) is 10.0. The standard InChI is InChI=1S/C16H26N4O/c1-19(2)11-13-5-4-8-20(13)10-12-6-7-15(21-3)14(9-12)16(17)18/h6-7,9,13H,4-5,8,10-11H2,1-3H3,(H3,17,18). The van der Waals surface area contributed by atoms with Crippen LogP contribution in [0.25, 0.3) is 0 Å². The molecular formula is C16H26N4O. The van der Waals surface area contributed by atoms with Gasteiger partial charge < -0.3 is 15.4 Å². The highest BCUT2D eigenvalue weighted by atomic mass is 16.5. The first-order valence-corrected chi connectivity index (χ1v) is 7.41. The molecular weight excluding hydrogens is 264 g/mol. The molecule has 116 valence electrons. The highest BCUT2D eigenvalue weighted by Crippen LogP contribution is 2.24. The highest BCUT2D eigenvalue weighted by Gasteiger charge is 2.25. The number of nitrogen functional groups attached to an aromatic ring is 1. The van der Waals surface area contributed by atoms with Crippen LogP contribution in [-0.4, -0.2) is 56.0 Å². The van der Waals surface area contributed by atoms with Gasteiger partial charge >= 0.3 is 0 Å². The molecule has 0 spiro atoms. The van der Waals surface area contributed by atoms with E-state index >= 15 is 0 Å². The van der Waals surface area contributed by atoms with Crippen LogP contribution >= 0.6 is 0 Å². The van der Waals surface area contributed by atoms with E-state index in [9.17, 15) is 0 Å². The molecule has 0 radical (unpaired) electrons. The van der Waals surface area contributed by atoms with Crippen LogP contribution in [0.2, 0.25) is 0 Å². The molecule has 5 nitrogen and oxygen atoms in total. The summed E-state index contributed by atoms with van der Waals surface area (Å²) in [4.78, 5) is 4.77. The van der Waals surface area contributed by atoms with Crippen LogP contribution in [0.4, 0.5) is 0 Å². The average molecular weight is 290 g/mol. The fourth-order valence-electron chi connectivity index (χ4n) is 3.03. The van der Waals surface area contributed by atoms with Crippen molar-refractivity contribution in [2.75, 3.05) is 34.3 Å². The third-order valence-electron chi connectivity index (χ3n) is 4.01. The number of likely N-dealkylation sites (tertiary alicyclic amines) is 1. The molecule has 0 aromatic heterocycles. The summed E-state index contributed by atoms with van der Waals surface area (Å²) in [6.45, 7) is 3.14. The van der Waals surface area contributed by atoms with E-state index in [1.807, 2.05) is 12.1 Å². The van der Waals surface area contributed by atoms with Crippen molar-refractivity contribution in [1.82, 2.24) is 9.80 Å². The molecule has 3 N–H and O–H groups in total. The van der Waals surface area contributed by atoms with Crippen molar-refractivity contribution in [2.45, 2.75) is 25.4 Å². The van der Waals surface area contributed by atoms with E-state index in [0.717, 1.165) is 19.6 Å². The molecule has 1 saturated heterocycles. The van der Waals surface area contributed by atoms with Crippen molar-refractivity contribution in [2.24, 2.45) is 5.73 Å². The minimum atomic E-state index is 0.0555. The summed E-state index contributed by atoms with van der Waals surface area (Å²) in [5.74, 6) is 0.720. The van der Waals surface area contributed by atoms with Crippen LogP contribution in [-0.2, 0) is 6.54 Å². The average Bonchev–Trinajstić information content (AvgIpc) is 2.85. The smallest absolute Gasteiger partial charge is 0.129 e. The van der Waals surface area contributed by atoms with Gasteiger partial charge in [0.15, 0.2) is 0 Å². The Morgan fingerprint density at radius 1 is 1.48 bits per heavy atom. The third kappa shape index (κ3) is 3.95. The number of benzene rings is 1. The fraction of sp³-hybridized carbons (Fsp3) is 0.562. The van der Waals surface area contributed by atoms with E-state index in [2.05, 4.69) is 30.0 Å². The van der Waals surface area contributed by atoms with E-state index in [4.69, 9.17) is 15.9 Å². The van der Waals surface area contributed by atoms with Crippen LogP contribution < -0.4 is 10.5 Å². The maximum atomic E-state index is 7.67. The van der Waals surface area contributed by atoms with Crippen molar-refractivity contribution >= 4 is 5.84 Å². The van der Waals surface area contributed by atoms with Gasteiger partial charge in [-0.3, -0.25) is 10.3 Å². The number of rotatable bonds is 6. The molecule has 21 heavy (non-hydrogen) atoms. The molecule has 0 amide bonds. The van der Waals surface area contributed by atoms with Gasteiger partial charge in [0.1, 0.15) is 11.6 Å². The van der Waals surface area contributed by atoms with Crippen molar-refractivity contribution < 1.29 is 4.74 Å². The number of likely N-dealkylation sites (N-methyl/N-ethyl adjacent to an activating group) is 1. The summed E-state index contributed by atoms with van der Waals surface area (Å²) in [6, 6.07) is 6.56. The monoisotopic (exact) mass is 290 g/mol.